The van der Waals surface area contributed by atoms with Gasteiger partial charge in [0.05, 0.1) is 25.7 Å². The monoisotopic (exact) mass is 327 g/mol. The minimum atomic E-state index is -4.51. The fraction of sp³-hybridized carbons (Fsp3) is 0.462. The average Bonchev–Trinajstić information content (AvgIpc) is 2.37. The first-order chi connectivity index (χ1) is 9.27. The molecule has 21 heavy (non-hydrogen) atoms. The molecule has 0 aromatic heterocycles. The van der Waals surface area contributed by atoms with E-state index in [1.54, 1.807) is 6.92 Å². The van der Waals surface area contributed by atoms with Crippen molar-refractivity contribution in [3.05, 3.63) is 29.3 Å². The van der Waals surface area contributed by atoms with E-state index in [4.69, 9.17) is 15.2 Å². The second-order valence-electron chi connectivity index (χ2n) is 4.11. The third-order valence-electron chi connectivity index (χ3n) is 2.61. The molecule has 1 atom stereocenters. The van der Waals surface area contributed by atoms with E-state index >= 15 is 0 Å². The molecule has 0 saturated carbocycles. The van der Waals surface area contributed by atoms with Crippen LogP contribution in [0.25, 0.3) is 0 Å². The van der Waals surface area contributed by atoms with Gasteiger partial charge in [-0.25, -0.2) is 0 Å². The van der Waals surface area contributed by atoms with Crippen LogP contribution in [0.2, 0.25) is 0 Å². The Labute approximate surface area is 126 Å². The van der Waals surface area contributed by atoms with Crippen molar-refractivity contribution in [2.24, 2.45) is 5.73 Å². The van der Waals surface area contributed by atoms with Crippen LogP contribution in [0.5, 0.6) is 5.75 Å². The minimum Gasteiger partial charge on any atom is -0.497 e. The zero-order valence-corrected chi connectivity index (χ0v) is 12.4. The topological polar surface area (TPSA) is 61.5 Å². The number of methoxy groups -OCH3 is 1. The van der Waals surface area contributed by atoms with Crippen LogP contribution < -0.4 is 10.5 Å². The standard InChI is InChI=1S/C13H16F3NO3.ClH/c1-3-20-12(18)7-11(17)8-4-9(13(14,15)16)6-10(5-8)19-2;/h4-6,11H,3,7,17H2,1-2H3;1H/t11-;/m0./s1. The number of esters is 1. The number of rotatable bonds is 5. The van der Waals surface area contributed by atoms with E-state index in [1.807, 2.05) is 0 Å². The molecule has 2 N–H and O–H groups in total. The first-order valence-corrected chi connectivity index (χ1v) is 5.95. The Morgan fingerprint density at radius 1 is 1.33 bits per heavy atom. The summed E-state index contributed by atoms with van der Waals surface area (Å²) in [6.45, 7) is 1.83. The number of carbonyl (C=O) groups excluding carboxylic acids is 1. The van der Waals surface area contributed by atoms with E-state index in [9.17, 15) is 18.0 Å². The minimum absolute atomic E-state index is 0. The maximum atomic E-state index is 12.7. The molecule has 120 valence electrons. The molecule has 0 amide bonds. The van der Waals surface area contributed by atoms with Crippen LogP contribution >= 0.6 is 12.4 Å². The summed E-state index contributed by atoms with van der Waals surface area (Å²) in [5.74, 6) is -0.523. The van der Waals surface area contributed by atoms with E-state index in [1.165, 1.54) is 13.2 Å². The molecule has 0 unspecified atom stereocenters. The smallest absolute Gasteiger partial charge is 0.416 e. The fourth-order valence-corrected chi connectivity index (χ4v) is 1.64. The number of benzene rings is 1. The summed E-state index contributed by atoms with van der Waals surface area (Å²) in [5.41, 5.74) is 5.04. The van der Waals surface area contributed by atoms with Crippen molar-refractivity contribution in [2.75, 3.05) is 13.7 Å². The highest BCUT2D eigenvalue weighted by Gasteiger charge is 2.32. The molecular weight excluding hydrogens is 311 g/mol. The number of hydrogen-bond donors (Lipinski definition) is 1. The predicted molar refractivity (Wildman–Crippen MR) is 73.4 cm³/mol. The summed E-state index contributed by atoms with van der Waals surface area (Å²) in [7, 11) is 1.26. The largest absolute Gasteiger partial charge is 0.497 e. The number of carbonyl (C=O) groups is 1. The quantitative estimate of drug-likeness (QED) is 0.844. The molecular formula is C13H17ClF3NO3. The van der Waals surface area contributed by atoms with Crippen LogP contribution in [0, 0.1) is 0 Å². The highest BCUT2D eigenvalue weighted by Crippen LogP contribution is 2.34. The summed E-state index contributed by atoms with van der Waals surface area (Å²) >= 11 is 0. The van der Waals surface area contributed by atoms with Crippen molar-refractivity contribution in [1.82, 2.24) is 0 Å². The number of hydrogen-bond acceptors (Lipinski definition) is 4. The Hall–Kier alpha value is -1.47. The van der Waals surface area contributed by atoms with Crippen molar-refractivity contribution < 1.29 is 27.4 Å². The predicted octanol–water partition coefficient (Wildman–Crippen LogP) is 3.09. The zero-order valence-electron chi connectivity index (χ0n) is 11.6. The highest BCUT2D eigenvalue weighted by atomic mass is 35.5. The summed E-state index contributed by atoms with van der Waals surface area (Å²) in [5, 5.41) is 0. The van der Waals surface area contributed by atoms with Gasteiger partial charge < -0.3 is 15.2 Å². The summed E-state index contributed by atoms with van der Waals surface area (Å²) in [4.78, 5) is 11.3. The fourth-order valence-electron chi connectivity index (χ4n) is 1.64. The van der Waals surface area contributed by atoms with Crippen molar-refractivity contribution in [1.29, 1.82) is 0 Å². The second kappa shape index (κ2) is 8.09. The molecule has 0 aliphatic rings. The van der Waals surface area contributed by atoms with Crippen LogP contribution in [0.3, 0.4) is 0 Å². The van der Waals surface area contributed by atoms with E-state index < -0.39 is 23.8 Å². The first kappa shape index (κ1) is 19.5. The summed E-state index contributed by atoms with van der Waals surface area (Å²) in [6.07, 6.45) is -4.70. The average molecular weight is 328 g/mol. The normalized spacial score (nSPS) is 12.3. The van der Waals surface area contributed by atoms with Crippen molar-refractivity contribution in [3.8, 4) is 5.75 Å². The van der Waals surface area contributed by atoms with Gasteiger partial charge in [-0.15, -0.1) is 12.4 Å². The van der Waals surface area contributed by atoms with Gasteiger partial charge in [0.25, 0.3) is 0 Å². The number of nitrogens with two attached hydrogens (primary N) is 1. The Morgan fingerprint density at radius 3 is 2.43 bits per heavy atom. The molecule has 0 heterocycles. The molecule has 0 spiro atoms. The van der Waals surface area contributed by atoms with Crippen molar-refractivity contribution in [3.63, 3.8) is 0 Å². The molecule has 0 aliphatic heterocycles. The van der Waals surface area contributed by atoms with Gasteiger partial charge in [-0.3, -0.25) is 4.79 Å². The Bertz CT molecular complexity index is 480. The Morgan fingerprint density at radius 2 is 1.95 bits per heavy atom. The van der Waals surface area contributed by atoms with Gasteiger partial charge in [0.15, 0.2) is 0 Å². The SMILES string of the molecule is CCOC(=O)C[C@H](N)c1cc(OC)cc(C(F)(F)F)c1.Cl. The van der Waals surface area contributed by atoms with Gasteiger partial charge in [-0.05, 0) is 30.7 Å². The van der Waals surface area contributed by atoms with Gasteiger partial charge in [0.1, 0.15) is 5.75 Å². The van der Waals surface area contributed by atoms with E-state index in [0.29, 0.717) is 0 Å². The van der Waals surface area contributed by atoms with Crippen LogP contribution in [-0.4, -0.2) is 19.7 Å². The first-order valence-electron chi connectivity index (χ1n) is 5.95. The van der Waals surface area contributed by atoms with Gasteiger partial charge in [-0.2, -0.15) is 13.2 Å². The van der Waals surface area contributed by atoms with E-state index in [0.717, 1.165) is 12.1 Å². The maximum absolute atomic E-state index is 12.7. The molecule has 8 heteroatoms. The molecule has 0 radical (unpaired) electrons. The van der Waals surface area contributed by atoms with Crippen LogP contribution in [0.4, 0.5) is 13.2 Å². The van der Waals surface area contributed by atoms with E-state index in [-0.39, 0.29) is 36.7 Å². The van der Waals surface area contributed by atoms with Crippen LogP contribution in [-0.2, 0) is 15.7 Å². The lowest BCUT2D eigenvalue weighted by Crippen LogP contribution is -2.18. The highest BCUT2D eigenvalue weighted by molar-refractivity contribution is 5.85. The third-order valence-corrected chi connectivity index (χ3v) is 2.61. The van der Waals surface area contributed by atoms with Gasteiger partial charge >= 0.3 is 12.1 Å². The lowest BCUT2D eigenvalue weighted by Gasteiger charge is -2.15. The maximum Gasteiger partial charge on any atom is 0.416 e. The molecule has 1 aromatic carbocycles. The Balaban J connectivity index is 0.00000400. The second-order valence-corrected chi connectivity index (χ2v) is 4.11. The van der Waals surface area contributed by atoms with Gasteiger partial charge in [-0.1, -0.05) is 0 Å². The van der Waals surface area contributed by atoms with Crippen molar-refractivity contribution in [2.45, 2.75) is 25.6 Å². The third kappa shape index (κ3) is 5.81. The lowest BCUT2D eigenvalue weighted by molar-refractivity contribution is -0.143. The van der Waals surface area contributed by atoms with Gasteiger partial charge in [0.2, 0.25) is 0 Å². The lowest BCUT2D eigenvalue weighted by atomic mass is 10.0. The number of alkyl halides is 3. The molecule has 0 saturated heterocycles. The summed E-state index contributed by atoms with van der Waals surface area (Å²) in [6, 6.07) is 2.27. The molecule has 4 nitrogen and oxygen atoms in total. The van der Waals surface area contributed by atoms with E-state index in [2.05, 4.69) is 0 Å². The molecule has 0 bridgehead atoms. The molecule has 1 aromatic rings. The van der Waals surface area contributed by atoms with Crippen LogP contribution in [0.1, 0.15) is 30.5 Å². The molecule has 0 aliphatic carbocycles. The summed E-state index contributed by atoms with van der Waals surface area (Å²) < 4.78 is 47.8. The molecule has 1 rings (SSSR count). The number of ether oxygens (including phenoxy) is 2. The Kier molecular flexibility index (Phi) is 7.52. The van der Waals surface area contributed by atoms with Crippen molar-refractivity contribution >= 4 is 18.4 Å². The zero-order chi connectivity index (χ0) is 15.3. The van der Waals surface area contributed by atoms with Gasteiger partial charge in [0, 0.05) is 6.04 Å². The number of halogens is 4. The molecule has 0 fully saturated rings. The van der Waals surface area contributed by atoms with Crippen LogP contribution in [0.15, 0.2) is 18.2 Å².